The van der Waals surface area contributed by atoms with Crippen molar-refractivity contribution in [1.82, 2.24) is 0 Å². The molecule has 0 aliphatic rings. The second kappa shape index (κ2) is 133. The number of rotatable bonds is 0. The molecule has 0 saturated carbocycles. The molecule has 10 heavy (non-hydrogen) atoms. The van der Waals surface area contributed by atoms with Gasteiger partial charge in [0, 0.05) is 0 Å². The Balaban J connectivity index is -0.0000000257. The Morgan fingerprint density at radius 1 is 0.500 bits per heavy atom. The fraction of sp³-hybridized carbons (Fsp3) is 0. The Morgan fingerprint density at radius 2 is 0.500 bits per heavy atom. The van der Waals surface area contributed by atoms with E-state index in [1.807, 2.05) is 0 Å². The fourth-order valence-electron chi connectivity index (χ4n) is 0. The largest absolute Gasteiger partial charge is 3.00 e. The summed E-state index contributed by atoms with van der Waals surface area (Å²) < 4.78 is 0. The minimum absolute atomic E-state index is 0. The predicted octanol–water partition coefficient (Wildman–Crippen LogP) is 2.22. The van der Waals surface area contributed by atoms with E-state index < -0.39 is 0 Å². The van der Waals surface area contributed by atoms with Crippen LogP contribution in [-0.2, 0) is 0 Å². The van der Waals surface area contributed by atoms with Gasteiger partial charge in [0.05, 0.1) is 0 Å². The second-order valence-corrected chi connectivity index (χ2v) is 0.268. The molecule has 0 rings (SSSR count). The van der Waals surface area contributed by atoms with Crippen LogP contribution in [0.3, 0.4) is 0 Å². The van der Waals surface area contributed by atoms with E-state index in [0.717, 1.165) is 0 Å². The molecule has 0 aromatic carbocycles. The average molecular weight is 196 g/mol. The van der Waals surface area contributed by atoms with E-state index in [9.17, 15) is 0 Å². The van der Waals surface area contributed by atoms with Crippen molar-refractivity contribution in [3.63, 3.8) is 0 Å². The van der Waals surface area contributed by atoms with Crippen molar-refractivity contribution in [3.05, 3.63) is 47.9 Å². The molecule has 10 heteroatoms. The Kier molecular flexibility index (Phi) is 313. The summed E-state index contributed by atoms with van der Waals surface area (Å²) in [5.41, 5.74) is 40.5. The molecule has 48 valence electrons. The number of nitrogens with zero attached hydrogens (tertiary/aromatic N) is 9. The van der Waals surface area contributed by atoms with Crippen LogP contribution in [0.5, 0.6) is 0 Å². The monoisotopic (exact) mass is 195 g/mol. The van der Waals surface area contributed by atoms with Crippen LogP contribution >= 0.6 is 0 Å². The van der Waals surface area contributed by atoms with Gasteiger partial charge in [-0.05, 0) is 0 Å². The van der Waals surface area contributed by atoms with E-state index in [1.165, 1.54) is 14.7 Å². The summed E-state index contributed by atoms with van der Waals surface area (Å²) >= 11 is 0. The zero-order chi connectivity index (χ0) is 8.12. The summed E-state index contributed by atoms with van der Waals surface area (Å²) in [5.74, 6) is 0. The van der Waals surface area contributed by atoms with Crippen molar-refractivity contribution < 1.29 is 0 Å². The van der Waals surface area contributed by atoms with Crippen molar-refractivity contribution in [3.8, 4) is 0 Å². The molecule has 0 aliphatic carbocycles. The van der Waals surface area contributed by atoms with E-state index in [0.29, 0.717) is 0 Å². The molecule has 0 aliphatic heterocycles. The average Bonchev–Trinajstić information content (AvgIpc) is 1.70. The zero-order valence-electron chi connectivity index (χ0n) is 4.60. The van der Waals surface area contributed by atoms with E-state index >= 15 is 0 Å². The van der Waals surface area contributed by atoms with Gasteiger partial charge in [0.2, 0.25) is 0 Å². The standard InChI is InChI=1S/Ga.3N3/c;3*1-3-2/q+3;3*-1. The molecular formula is GaN9. The second-order valence-electron chi connectivity index (χ2n) is 0.268. The first-order valence-corrected chi connectivity index (χ1v) is 1.20. The minimum Gasteiger partial charge on any atom is -0.373 e. The van der Waals surface area contributed by atoms with Crippen LogP contribution in [0.1, 0.15) is 0 Å². The van der Waals surface area contributed by atoms with Crippen LogP contribution in [0.25, 0.3) is 47.9 Å². The molecule has 0 amide bonds. The van der Waals surface area contributed by atoms with Crippen molar-refractivity contribution in [2.75, 3.05) is 0 Å². The van der Waals surface area contributed by atoms with Crippen LogP contribution in [0, 0.1) is 0 Å². The maximum atomic E-state index is 6.75. The van der Waals surface area contributed by atoms with Gasteiger partial charge in [-0.3, -0.25) is 14.7 Å². The van der Waals surface area contributed by atoms with Crippen LogP contribution < -0.4 is 0 Å². The van der Waals surface area contributed by atoms with Gasteiger partial charge in [-0.25, -0.2) is 0 Å². The fourth-order valence-corrected chi connectivity index (χ4v) is 0. The van der Waals surface area contributed by atoms with Crippen LogP contribution in [-0.4, -0.2) is 19.8 Å². The van der Waals surface area contributed by atoms with Gasteiger partial charge >= 0.3 is 19.8 Å². The Morgan fingerprint density at radius 3 is 0.500 bits per heavy atom. The molecule has 9 nitrogen and oxygen atoms in total. The molecule has 0 N–H and O–H groups in total. The molecule has 0 heterocycles. The summed E-state index contributed by atoms with van der Waals surface area (Å²) in [6.07, 6.45) is 0. The molecule has 0 bridgehead atoms. The van der Waals surface area contributed by atoms with Crippen LogP contribution in [0.2, 0.25) is 0 Å². The van der Waals surface area contributed by atoms with Gasteiger partial charge < -0.3 is 33.2 Å². The van der Waals surface area contributed by atoms with Crippen LogP contribution in [0.15, 0.2) is 0 Å². The van der Waals surface area contributed by atoms with Gasteiger partial charge in [0.1, 0.15) is 0 Å². The Bertz CT molecular complexity index is 96.3. The maximum Gasteiger partial charge on any atom is 3.00 e. The third kappa shape index (κ3) is 99.0. The van der Waals surface area contributed by atoms with E-state index in [2.05, 4.69) is 0 Å². The molecular weight excluding hydrogens is 196 g/mol. The van der Waals surface area contributed by atoms with Crippen molar-refractivity contribution >= 4 is 19.8 Å². The van der Waals surface area contributed by atoms with E-state index in [4.69, 9.17) is 33.2 Å². The summed E-state index contributed by atoms with van der Waals surface area (Å²) in [5, 5.41) is 0. The molecule has 0 aromatic rings. The maximum absolute atomic E-state index is 6.75. The number of hydrogen-bond donors (Lipinski definition) is 0. The first-order chi connectivity index (χ1) is 4.24. The summed E-state index contributed by atoms with van der Waals surface area (Å²) in [6.45, 7) is 0. The van der Waals surface area contributed by atoms with Gasteiger partial charge in [-0.15, -0.1) is 0 Å². The summed E-state index contributed by atoms with van der Waals surface area (Å²) in [7, 11) is 0. The predicted molar refractivity (Wildman–Crippen MR) is 36.0 cm³/mol. The van der Waals surface area contributed by atoms with E-state index in [-0.39, 0.29) is 19.8 Å². The SMILES string of the molecule is [Ga+3].[N-]=[N+]=[N-].[N-]=[N+]=[N-].[N-]=[N+]=[N-]. The zero-order valence-corrected chi connectivity index (χ0v) is 7.02. The quantitative estimate of drug-likeness (QED) is 0.238. The molecule has 0 radical (unpaired) electrons. The summed E-state index contributed by atoms with van der Waals surface area (Å²) in [6, 6.07) is 0. The molecule has 0 unspecified atom stereocenters. The van der Waals surface area contributed by atoms with Gasteiger partial charge in [0.25, 0.3) is 0 Å². The molecule has 0 saturated heterocycles. The third-order valence-electron chi connectivity index (χ3n) is 0. The molecule has 0 fully saturated rings. The summed E-state index contributed by atoms with van der Waals surface area (Å²) in [4.78, 5) is 4.50. The van der Waals surface area contributed by atoms with Crippen molar-refractivity contribution in [1.29, 1.82) is 0 Å². The first kappa shape index (κ1) is 23.5. The van der Waals surface area contributed by atoms with Gasteiger partial charge in [0.15, 0.2) is 0 Å². The Hall–Kier alpha value is -1.43. The Labute approximate surface area is 68.3 Å². The van der Waals surface area contributed by atoms with Crippen LogP contribution in [0.4, 0.5) is 0 Å². The van der Waals surface area contributed by atoms with E-state index in [1.54, 1.807) is 0 Å². The first-order valence-electron chi connectivity index (χ1n) is 1.20. The van der Waals surface area contributed by atoms with Gasteiger partial charge in [-0.2, -0.15) is 0 Å². The van der Waals surface area contributed by atoms with Crippen molar-refractivity contribution in [2.45, 2.75) is 0 Å². The molecule has 0 atom stereocenters. The molecule has 0 spiro atoms. The van der Waals surface area contributed by atoms with Crippen molar-refractivity contribution in [2.24, 2.45) is 0 Å². The number of hydrogen-bond acceptors (Lipinski definition) is 0. The molecule has 0 aromatic heterocycles. The normalized spacial score (nSPS) is 2.40. The minimum atomic E-state index is 0. The third-order valence-corrected chi connectivity index (χ3v) is 0. The smallest absolute Gasteiger partial charge is 0.373 e. The topological polar surface area (TPSA) is 176 Å². The van der Waals surface area contributed by atoms with Gasteiger partial charge in [-0.1, -0.05) is 0 Å².